The van der Waals surface area contributed by atoms with Crippen molar-refractivity contribution in [2.45, 2.75) is 0 Å². The largest absolute Gasteiger partial charge is 0.389 e. The Hall–Kier alpha value is -1.58. The summed E-state index contributed by atoms with van der Waals surface area (Å²) in [7, 11) is 0. The maximum atomic E-state index is 9.79. The third kappa shape index (κ3) is 8.42. The van der Waals surface area contributed by atoms with Crippen LogP contribution in [-0.2, 0) is 9.59 Å². The average Bonchev–Trinajstić information content (AvgIpc) is 2.10. The molecular weight excluding hydrogens is 156 g/mol. The van der Waals surface area contributed by atoms with Gasteiger partial charge in [-0.15, -0.1) is 0 Å². The fourth-order valence-corrected chi connectivity index (χ4v) is 0.526. The van der Waals surface area contributed by atoms with Crippen LogP contribution in [0.5, 0.6) is 0 Å². The second-order valence-electron chi connectivity index (χ2n) is 1.90. The van der Waals surface area contributed by atoms with Crippen molar-refractivity contribution in [3.63, 3.8) is 0 Å². The molecule has 4 nitrogen and oxygen atoms in total. The molecule has 0 radical (unpaired) electrons. The molecule has 0 unspecified atom stereocenters. The van der Waals surface area contributed by atoms with Gasteiger partial charge in [0.2, 0.25) is 0 Å². The Morgan fingerprint density at radius 3 is 1.58 bits per heavy atom. The first kappa shape index (κ1) is 10.4. The molecule has 0 atom stereocenters. The quantitative estimate of drug-likeness (QED) is 0.308. The topological polar surface area (TPSA) is 58.2 Å². The van der Waals surface area contributed by atoms with Crippen molar-refractivity contribution < 1.29 is 9.59 Å². The molecule has 0 saturated carbocycles. The zero-order chi connectivity index (χ0) is 9.07. The highest BCUT2D eigenvalue weighted by atomic mass is 16.1. The number of hydrogen-bond donors (Lipinski definition) is 2. The number of aldehydes is 2. The lowest BCUT2D eigenvalue weighted by Crippen LogP contribution is -2.20. The predicted molar refractivity (Wildman–Crippen MR) is 46.4 cm³/mol. The van der Waals surface area contributed by atoms with Crippen molar-refractivity contribution in [3.8, 4) is 0 Å². The van der Waals surface area contributed by atoms with E-state index in [9.17, 15) is 9.59 Å². The zero-order valence-corrected chi connectivity index (χ0v) is 6.69. The number of carbonyl (C=O) groups is 2. The first-order valence-corrected chi connectivity index (χ1v) is 3.59. The van der Waals surface area contributed by atoms with Crippen LogP contribution in [0.4, 0.5) is 0 Å². The highest BCUT2D eigenvalue weighted by molar-refractivity contribution is 5.64. The van der Waals surface area contributed by atoms with Crippen LogP contribution in [0.2, 0.25) is 0 Å². The fourth-order valence-electron chi connectivity index (χ4n) is 0.526. The molecule has 0 aliphatic carbocycles. The highest BCUT2D eigenvalue weighted by Crippen LogP contribution is 1.63. The van der Waals surface area contributed by atoms with Crippen molar-refractivity contribution in [2.24, 2.45) is 0 Å². The molecule has 0 spiro atoms. The SMILES string of the molecule is O=C/C=C/NCCN/C=C/C=O. The molecule has 0 aromatic carbocycles. The van der Waals surface area contributed by atoms with Crippen LogP contribution in [0.1, 0.15) is 0 Å². The molecule has 4 heteroatoms. The summed E-state index contributed by atoms with van der Waals surface area (Å²) in [6, 6.07) is 0. The van der Waals surface area contributed by atoms with E-state index in [4.69, 9.17) is 0 Å². The molecule has 66 valence electrons. The predicted octanol–water partition coefficient (Wildman–Crippen LogP) is -0.409. The van der Waals surface area contributed by atoms with Gasteiger partial charge in [0.1, 0.15) is 12.6 Å². The third-order valence-corrected chi connectivity index (χ3v) is 0.999. The van der Waals surface area contributed by atoms with Gasteiger partial charge in [0.05, 0.1) is 0 Å². The number of hydrogen-bond acceptors (Lipinski definition) is 4. The van der Waals surface area contributed by atoms with E-state index in [1.807, 2.05) is 0 Å². The van der Waals surface area contributed by atoms with Gasteiger partial charge in [-0.3, -0.25) is 9.59 Å². The smallest absolute Gasteiger partial charge is 0.144 e. The van der Waals surface area contributed by atoms with E-state index in [0.717, 1.165) is 0 Å². The summed E-state index contributed by atoms with van der Waals surface area (Å²) in [5, 5.41) is 5.73. The van der Waals surface area contributed by atoms with Gasteiger partial charge in [0.25, 0.3) is 0 Å². The van der Waals surface area contributed by atoms with Crippen LogP contribution in [0.3, 0.4) is 0 Å². The van der Waals surface area contributed by atoms with E-state index in [-0.39, 0.29) is 0 Å². The van der Waals surface area contributed by atoms with Crippen LogP contribution in [0.15, 0.2) is 24.6 Å². The summed E-state index contributed by atoms with van der Waals surface area (Å²) in [4.78, 5) is 19.6. The van der Waals surface area contributed by atoms with Crippen molar-refractivity contribution in [1.82, 2.24) is 10.6 Å². The van der Waals surface area contributed by atoms with Gasteiger partial charge in [-0.1, -0.05) is 0 Å². The zero-order valence-electron chi connectivity index (χ0n) is 6.69. The molecule has 0 amide bonds. The van der Waals surface area contributed by atoms with Crippen LogP contribution in [0.25, 0.3) is 0 Å². The molecule has 0 aliphatic heterocycles. The second-order valence-corrected chi connectivity index (χ2v) is 1.90. The Morgan fingerprint density at radius 1 is 0.833 bits per heavy atom. The van der Waals surface area contributed by atoms with Gasteiger partial charge in [-0.2, -0.15) is 0 Å². The first-order chi connectivity index (χ1) is 5.91. The van der Waals surface area contributed by atoms with Gasteiger partial charge in [-0.25, -0.2) is 0 Å². The van der Waals surface area contributed by atoms with Crippen molar-refractivity contribution >= 4 is 12.6 Å². The lowest BCUT2D eigenvalue weighted by molar-refractivity contribution is -0.104. The van der Waals surface area contributed by atoms with E-state index < -0.39 is 0 Å². The molecule has 0 heterocycles. The first-order valence-electron chi connectivity index (χ1n) is 3.59. The lowest BCUT2D eigenvalue weighted by atomic mass is 10.6. The van der Waals surface area contributed by atoms with Gasteiger partial charge in [-0.05, 0) is 24.6 Å². The molecule has 0 bridgehead atoms. The van der Waals surface area contributed by atoms with Crippen LogP contribution >= 0.6 is 0 Å². The van der Waals surface area contributed by atoms with Gasteiger partial charge in [0.15, 0.2) is 0 Å². The summed E-state index contributed by atoms with van der Waals surface area (Å²) in [5.74, 6) is 0. The number of nitrogens with one attached hydrogen (secondary N) is 2. The van der Waals surface area contributed by atoms with Crippen LogP contribution < -0.4 is 10.6 Å². The Morgan fingerprint density at radius 2 is 1.25 bits per heavy atom. The second kappa shape index (κ2) is 9.42. The normalized spacial score (nSPS) is 10.3. The van der Waals surface area contributed by atoms with Crippen LogP contribution in [-0.4, -0.2) is 25.7 Å². The highest BCUT2D eigenvalue weighted by Gasteiger charge is 1.77. The summed E-state index contributed by atoms with van der Waals surface area (Å²) in [5.41, 5.74) is 0. The Balaban J connectivity index is 3.10. The van der Waals surface area contributed by atoms with E-state index in [1.165, 1.54) is 12.2 Å². The standard InChI is InChI=1S/C8H12N2O2/c11-7-1-3-9-5-6-10-4-2-8-12/h1-4,7-10H,5-6H2/b3-1+,4-2+. The molecule has 0 aromatic heterocycles. The van der Waals surface area contributed by atoms with E-state index in [0.29, 0.717) is 25.7 Å². The maximum Gasteiger partial charge on any atom is 0.144 e. The van der Waals surface area contributed by atoms with Crippen molar-refractivity contribution in [3.05, 3.63) is 24.6 Å². The Bertz CT molecular complexity index is 156. The number of rotatable bonds is 7. The maximum absolute atomic E-state index is 9.79. The summed E-state index contributed by atoms with van der Waals surface area (Å²) in [6.07, 6.45) is 7.29. The van der Waals surface area contributed by atoms with Gasteiger partial charge < -0.3 is 10.6 Å². The van der Waals surface area contributed by atoms with Crippen LogP contribution in [0, 0.1) is 0 Å². The summed E-state index contributed by atoms with van der Waals surface area (Å²) >= 11 is 0. The molecule has 0 rings (SSSR count). The van der Waals surface area contributed by atoms with E-state index >= 15 is 0 Å². The monoisotopic (exact) mass is 168 g/mol. The van der Waals surface area contributed by atoms with Gasteiger partial charge >= 0.3 is 0 Å². The fraction of sp³-hybridized carbons (Fsp3) is 0.250. The lowest BCUT2D eigenvalue weighted by Gasteiger charge is -1.98. The molecular formula is C8H12N2O2. The summed E-state index contributed by atoms with van der Waals surface area (Å²) < 4.78 is 0. The third-order valence-electron chi connectivity index (χ3n) is 0.999. The molecule has 12 heavy (non-hydrogen) atoms. The number of carbonyl (C=O) groups excluding carboxylic acids is 2. The number of allylic oxidation sites excluding steroid dienone is 2. The van der Waals surface area contributed by atoms with E-state index in [1.54, 1.807) is 12.4 Å². The Labute approximate surface area is 71.3 Å². The molecule has 0 aliphatic rings. The van der Waals surface area contributed by atoms with Crippen molar-refractivity contribution in [1.29, 1.82) is 0 Å². The average molecular weight is 168 g/mol. The van der Waals surface area contributed by atoms with E-state index in [2.05, 4.69) is 10.6 Å². The minimum absolute atomic E-state index is 0.701. The molecule has 0 aromatic rings. The van der Waals surface area contributed by atoms with Gasteiger partial charge in [0, 0.05) is 13.1 Å². The molecule has 0 fully saturated rings. The van der Waals surface area contributed by atoms with Crippen molar-refractivity contribution in [2.75, 3.05) is 13.1 Å². The minimum Gasteiger partial charge on any atom is -0.389 e. The molecule has 0 saturated heterocycles. The molecule has 2 N–H and O–H groups in total. The minimum atomic E-state index is 0.701. The Kier molecular flexibility index (Phi) is 8.18. The summed E-state index contributed by atoms with van der Waals surface area (Å²) in [6.45, 7) is 1.40.